The Balaban J connectivity index is 2.66. The van der Waals surface area contributed by atoms with Gasteiger partial charge in [-0.1, -0.05) is 6.42 Å². The molecule has 1 fully saturated rings. The Bertz CT molecular complexity index is 326. The van der Waals surface area contributed by atoms with Crippen molar-refractivity contribution in [3.05, 3.63) is 0 Å². The van der Waals surface area contributed by atoms with Crippen LogP contribution in [0.15, 0.2) is 0 Å². The van der Waals surface area contributed by atoms with Gasteiger partial charge < -0.3 is 15.2 Å². The molecule has 2 N–H and O–H groups in total. The molecule has 1 aliphatic rings. The van der Waals surface area contributed by atoms with Crippen LogP contribution >= 0.6 is 0 Å². The number of rotatable bonds is 5. The van der Waals surface area contributed by atoms with E-state index in [1.807, 2.05) is 0 Å². The maximum absolute atomic E-state index is 11.6. The molecule has 6 heteroatoms. The van der Waals surface area contributed by atoms with Crippen LogP contribution in [0.1, 0.15) is 25.7 Å². The van der Waals surface area contributed by atoms with E-state index in [1.165, 1.54) is 6.26 Å². The summed E-state index contributed by atoms with van der Waals surface area (Å²) in [7, 11) is 0.124. The lowest BCUT2D eigenvalue weighted by molar-refractivity contribution is -0.127. The molecule has 17 heavy (non-hydrogen) atoms. The summed E-state index contributed by atoms with van der Waals surface area (Å²) in [5.41, 5.74) is 6.07. The minimum absolute atomic E-state index is 0.147. The van der Waals surface area contributed by atoms with Gasteiger partial charge in [-0.15, -0.1) is 0 Å². The zero-order valence-electron chi connectivity index (χ0n) is 10.8. The first-order chi connectivity index (χ1) is 7.90. The Morgan fingerprint density at radius 1 is 1.24 bits per heavy atom. The molecule has 0 aromatic heterocycles. The molecule has 0 bridgehead atoms. The van der Waals surface area contributed by atoms with Crippen LogP contribution in [0.3, 0.4) is 0 Å². The summed E-state index contributed by atoms with van der Waals surface area (Å²) in [6, 6.07) is -0.269. The van der Waals surface area contributed by atoms with Gasteiger partial charge in [0.15, 0.2) is 6.29 Å². The second-order valence-electron chi connectivity index (χ2n) is 4.80. The normalized spacial score (nSPS) is 28.3. The van der Waals surface area contributed by atoms with E-state index in [9.17, 15) is 8.42 Å². The Morgan fingerprint density at radius 2 is 1.82 bits per heavy atom. The fourth-order valence-corrected chi connectivity index (χ4v) is 3.74. The Kier molecular flexibility index (Phi) is 5.37. The molecular formula is C11H23NO4S. The van der Waals surface area contributed by atoms with Crippen molar-refractivity contribution in [2.75, 3.05) is 20.5 Å². The molecule has 0 saturated heterocycles. The molecule has 1 rings (SSSR count). The van der Waals surface area contributed by atoms with Gasteiger partial charge in [0.05, 0.1) is 11.3 Å². The minimum atomic E-state index is -2.97. The van der Waals surface area contributed by atoms with Crippen LogP contribution in [-0.4, -0.2) is 46.5 Å². The molecular weight excluding hydrogens is 242 g/mol. The first kappa shape index (κ1) is 14.9. The van der Waals surface area contributed by atoms with Gasteiger partial charge in [0, 0.05) is 20.5 Å². The van der Waals surface area contributed by atoms with Gasteiger partial charge >= 0.3 is 0 Å². The second kappa shape index (κ2) is 6.13. The fourth-order valence-electron chi connectivity index (χ4n) is 2.55. The largest absolute Gasteiger partial charge is 0.354 e. The lowest BCUT2D eigenvalue weighted by Crippen LogP contribution is -2.46. The average Bonchev–Trinajstić information content (AvgIpc) is 2.29. The summed E-state index contributed by atoms with van der Waals surface area (Å²) in [6.45, 7) is 0. The summed E-state index contributed by atoms with van der Waals surface area (Å²) < 4.78 is 33.4. The van der Waals surface area contributed by atoms with Crippen LogP contribution in [0.4, 0.5) is 0 Å². The third-order valence-corrected chi connectivity index (χ3v) is 5.23. The van der Waals surface area contributed by atoms with Crippen molar-refractivity contribution in [1.29, 1.82) is 0 Å². The highest BCUT2D eigenvalue weighted by atomic mass is 32.2. The predicted octanol–water partition coefficient (Wildman–Crippen LogP) is 0.536. The molecule has 3 unspecified atom stereocenters. The molecule has 5 nitrogen and oxygen atoms in total. The van der Waals surface area contributed by atoms with Crippen molar-refractivity contribution in [3.8, 4) is 0 Å². The van der Waals surface area contributed by atoms with Crippen molar-refractivity contribution < 1.29 is 17.9 Å². The molecule has 3 atom stereocenters. The quantitative estimate of drug-likeness (QED) is 0.734. The molecule has 1 aliphatic carbocycles. The Hall–Kier alpha value is -0.170. The highest BCUT2D eigenvalue weighted by molar-refractivity contribution is 7.91. The van der Waals surface area contributed by atoms with E-state index in [-0.39, 0.29) is 17.2 Å². The van der Waals surface area contributed by atoms with E-state index in [0.717, 1.165) is 19.3 Å². The van der Waals surface area contributed by atoms with E-state index in [2.05, 4.69) is 0 Å². The van der Waals surface area contributed by atoms with Crippen LogP contribution in [0.25, 0.3) is 0 Å². The molecule has 0 aliphatic heterocycles. The van der Waals surface area contributed by atoms with E-state index in [4.69, 9.17) is 15.2 Å². The van der Waals surface area contributed by atoms with Crippen molar-refractivity contribution in [3.63, 3.8) is 0 Å². The van der Waals surface area contributed by atoms with Gasteiger partial charge in [-0.25, -0.2) is 8.42 Å². The van der Waals surface area contributed by atoms with Gasteiger partial charge in [-0.2, -0.15) is 0 Å². The maximum Gasteiger partial charge on any atom is 0.172 e. The summed E-state index contributed by atoms with van der Waals surface area (Å²) in [5.74, 6) is 0.147. The Morgan fingerprint density at radius 3 is 2.29 bits per heavy atom. The molecule has 0 radical (unpaired) electrons. The molecule has 0 aromatic rings. The van der Waals surface area contributed by atoms with E-state index < -0.39 is 16.1 Å². The first-order valence-corrected chi connectivity index (χ1v) is 7.85. The SMILES string of the molecule is COC(OC)C(N)C1CCCC(S(C)(=O)=O)C1. The maximum atomic E-state index is 11.6. The highest BCUT2D eigenvalue weighted by Gasteiger charge is 2.34. The summed E-state index contributed by atoms with van der Waals surface area (Å²) in [4.78, 5) is 0. The molecule has 0 spiro atoms. The van der Waals surface area contributed by atoms with Crippen molar-refractivity contribution in [2.45, 2.75) is 43.3 Å². The minimum Gasteiger partial charge on any atom is -0.354 e. The number of methoxy groups -OCH3 is 2. The number of ether oxygens (including phenoxy) is 2. The number of hydrogen-bond donors (Lipinski definition) is 1. The van der Waals surface area contributed by atoms with Gasteiger partial charge in [-0.3, -0.25) is 0 Å². The Labute approximate surface area is 104 Å². The summed E-state index contributed by atoms with van der Waals surface area (Å²) >= 11 is 0. The number of sulfone groups is 1. The van der Waals surface area contributed by atoms with E-state index in [1.54, 1.807) is 14.2 Å². The molecule has 102 valence electrons. The van der Waals surface area contributed by atoms with Crippen LogP contribution < -0.4 is 5.73 Å². The smallest absolute Gasteiger partial charge is 0.172 e. The summed E-state index contributed by atoms with van der Waals surface area (Å²) in [5, 5.41) is -0.262. The van der Waals surface area contributed by atoms with Gasteiger partial charge in [-0.05, 0) is 25.2 Å². The lowest BCUT2D eigenvalue weighted by Gasteiger charge is -2.34. The summed E-state index contributed by atoms with van der Waals surface area (Å²) in [6.07, 6.45) is 4.04. The third kappa shape index (κ3) is 3.91. The first-order valence-electron chi connectivity index (χ1n) is 5.90. The standard InChI is InChI=1S/C11H23NO4S/c1-15-11(16-2)10(12)8-5-4-6-9(7-8)17(3,13)14/h8-11H,4-7,12H2,1-3H3. The molecule has 0 amide bonds. The van der Waals surface area contributed by atoms with Crippen molar-refractivity contribution in [1.82, 2.24) is 0 Å². The van der Waals surface area contributed by atoms with Crippen LogP contribution in [0.5, 0.6) is 0 Å². The lowest BCUT2D eigenvalue weighted by atomic mass is 9.83. The fraction of sp³-hybridized carbons (Fsp3) is 1.00. The van der Waals surface area contributed by atoms with Crippen molar-refractivity contribution in [2.24, 2.45) is 11.7 Å². The average molecular weight is 265 g/mol. The monoisotopic (exact) mass is 265 g/mol. The van der Waals surface area contributed by atoms with Gasteiger partial charge in [0.1, 0.15) is 9.84 Å². The zero-order chi connectivity index (χ0) is 13.1. The number of hydrogen-bond acceptors (Lipinski definition) is 5. The van der Waals surface area contributed by atoms with Crippen LogP contribution in [0.2, 0.25) is 0 Å². The topological polar surface area (TPSA) is 78.6 Å². The van der Waals surface area contributed by atoms with Gasteiger partial charge in [0.2, 0.25) is 0 Å². The van der Waals surface area contributed by atoms with Crippen LogP contribution in [-0.2, 0) is 19.3 Å². The third-order valence-electron chi connectivity index (χ3n) is 3.60. The van der Waals surface area contributed by atoms with Gasteiger partial charge in [0.25, 0.3) is 0 Å². The van der Waals surface area contributed by atoms with Crippen molar-refractivity contribution >= 4 is 9.84 Å². The molecule has 0 heterocycles. The second-order valence-corrected chi connectivity index (χ2v) is 7.12. The highest BCUT2D eigenvalue weighted by Crippen LogP contribution is 2.31. The molecule has 0 aromatic carbocycles. The van der Waals surface area contributed by atoms with Crippen LogP contribution in [0, 0.1) is 5.92 Å². The molecule has 1 saturated carbocycles. The predicted molar refractivity (Wildman–Crippen MR) is 66.4 cm³/mol. The zero-order valence-corrected chi connectivity index (χ0v) is 11.6. The van der Waals surface area contributed by atoms with E-state index in [0.29, 0.717) is 6.42 Å². The van der Waals surface area contributed by atoms with E-state index >= 15 is 0 Å². The number of nitrogens with two attached hydrogens (primary N) is 1.